The van der Waals surface area contributed by atoms with E-state index in [2.05, 4.69) is 10.3 Å². The number of aliphatic hydroxyl groups is 1. The van der Waals surface area contributed by atoms with Crippen LogP contribution in [-0.4, -0.2) is 48.8 Å². The zero-order chi connectivity index (χ0) is 14.4. The van der Waals surface area contributed by atoms with Crippen LogP contribution in [0.4, 0.5) is 0 Å². The molecule has 1 aliphatic heterocycles. The number of carbonyl (C=O) groups excluding carboxylic acids is 1. The van der Waals surface area contributed by atoms with Crippen LogP contribution in [0.5, 0.6) is 5.75 Å². The fourth-order valence-electron chi connectivity index (χ4n) is 2.37. The van der Waals surface area contributed by atoms with Gasteiger partial charge >= 0.3 is 0 Å². The summed E-state index contributed by atoms with van der Waals surface area (Å²) in [4.78, 5) is 13.7. The number of nitrogen functional groups attached to an aromatic ring is 1. The van der Waals surface area contributed by atoms with E-state index in [0.717, 1.165) is 26.1 Å². The largest absolute Gasteiger partial charge is 0.492 e. The van der Waals surface area contributed by atoms with Gasteiger partial charge in [0.05, 0.1) is 0 Å². The van der Waals surface area contributed by atoms with Crippen molar-refractivity contribution in [2.75, 3.05) is 32.8 Å². The van der Waals surface area contributed by atoms with E-state index < -0.39 is 0 Å². The van der Waals surface area contributed by atoms with Crippen LogP contribution >= 0.6 is 0 Å². The Morgan fingerprint density at radius 2 is 2.40 bits per heavy atom. The highest BCUT2D eigenvalue weighted by molar-refractivity contribution is 5.94. The maximum atomic E-state index is 11.4. The van der Waals surface area contributed by atoms with Gasteiger partial charge in [-0.2, -0.15) is 0 Å². The Kier molecular flexibility index (Phi) is 5.34. The number of nitrogens with one attached hydrogen (secondary N) is 1. The van der Waals surface area contributed by atoms with Crippen LogP contribution in [0.15, 0.2) is 24.3 Å². The summed E-state index contributed by atoms with van der Waals surface area (Å²) in [5.41, 5.74) is 2.57. The highest BCUT2D eigenvalue weighted by Crippen LogP contribution is 2.16. The van der Waals surface area contributed by atoms with Crippen LogP contribution in [0.2, 0.25) is 0 Å². The van der Waals surface area contributed by atoms with Gasteiger partial charge in [0.25, 0.3) is 5.91 Å². The molecular formula is C14H21N3O3. The molecule has 0 aromatic heterocycles. The third kappa shape index (κ3) is 3.93. The van der Waals surface area contributed by atoms with Crippen LogP contribution in [0.1, 0.15) is 16.8 Å². The van der Waals surface area contributed by atoms with Crippen molar-refractivity contribution in [2.24, 2.45) is 11.8 Å². The Labute approximate surface area is 118 Å². The number of ether oxygens (including phenoxy) is 1. The highest BCUT2D eigenvalue weighted by atomic mass is 16.5. The van der Waals surface area contributed by atoms with Crippen molar-refractivity contribution in [1.82, 2.24) is 10.3 Å². The monoisotopic (exact) mass is 279 g/mol. The predicted molar refractivity (Wildman–Crippen MR) is 75.2 cm³/mol. The number of carbonyl (C=O) groups is 1. The van der Waals surface area contributed by atoms with Gasteiger partial charge in [0.15, 0.2) is 0 Å². The van der Waals surface area contributed by atoms with Gasteiger partial charge in [-0.1, -0.05) is 6.07 Å². The van der Waals surface area contributed by atoms with E-state index in [0.29, 0.717) is 23.8 Å². The Bertz CT molecular complexity index is 453. The molecule has 0 aliphatic carbocycles. The summed E-state index contributed by atoms with van der Waals surface area (Å²) in [6.07, 6.45) is 1.04. The molecular weight excluding hydrogens is 258 g/mol. The van der Waals surface area contributed by atoms with Crippen LogP contribution < -0.4 is 16.0 Å². The number of hydrazine groups is 1. The molecule has 1 atom stereocenters. The molecule has 0 radical (unpaired) electrons. The number of hydrogen-bond acceptors (Lipinski definition) is 5. The van der Waals surface area contributed by atoms with Crippen molar-refractivity contribution in [2.45, 2.75) is 6.42 Å². The lowest BCUT2D eigenvalue weighted by Crippen LogP contribution is -2.30. The molecule has 4 N–H and O–H groups in total. The fraction of sp³-hybridized carbons (Fsp3) is 0.500. The Morgan fingerprint density at radius 3 is 3.10 bits per heavy atom. The Balaban J connectivity index is 1.78. The first-order chi connectivity index (χ1) is 9.72. The molecule has 1 aromatic carbocycles. The van der Waals surface area contributed by atoms with E-state index in [9.17, 15) is 4.79 Å². The van der Waals surface area contributed by atoms with Crippen molar-refractivity contribution in [3.05, 3.63) is 29.8 Å². The van der Waals surface area contributed by atoms with Gasteiger partial charge in [0.2, 0.25) is 0 Å². The van der Waals surface area contributed by atoms with E-state index in [1.54, 1.807) is 18.2 Å². The van der Waals surface area contributed by atoms with Gasteiger partial charge in [-0.25, -0.2) is 5.84 Å². The van der Waals surface area contributed by atoms with Crippen LogP contribution in [0, 0.1) is 5.92 Å². The maximum absolute atomic E-state index is 11.4. The van der Waals surface area contributed by atoms with Gasteiger partial charge in [0, 0.05) is 25.3 Å². The maximum Gasteiger partial charge on any atom is 0.265 e. The summed E-state index contributed by atoms with van der Waals surface area (Å²) in [6, 6.07) is 6.93. The van der Waals surface area contributed by atoms with Crippen molar-refractivity contribution in [3.63, 3.8) is 0 Å². The molecule has 6 heteroatoms. The summed E-state index contributed by atoms with van der Waals surface area (Å²) < 4.78 is 5.65. The molecule has 0 spiro atoms. The summed E-state index contributed by atoms with van der Waals surface area (Å²) in [7, 11) is 0. The molecule has 0 bridgehead atoms. The van der Waals surface area contributed by atoms with Crippen LogP contribution in [0.3, 0.4) is 0 Å². The van der Waals surface area contributed by atoms with Gasteiger partial charge in [-0.05, 0) is 37.1 Å². The number of rotatable bonds is 6. The first kappa shape index (κ1) is 14.8. The van der Waals surface area contributed by atoms with Crippen LogP contribution in [-0.2, 0) is 0 Å². The Hall–Kier alpha value is -1.63. The molecule has 110 valence electrons. The van der Waals surface area contributed by atoms with Crippen molar-refractivity contribution in [3.8, 4) is 5.75 Å². The molecule has 2 rings (SSSR count). The topological polar surface area (TPSA) is 87.8 Å². The molecule has 1 aromatic rings. The SMILES string of the molecule is NNC(=O)c1cccc(OCCN2CCC(CO)C2)c1. The van der Waals surface area contributed by atoms with Gasteiger partial charge < -0.3 is 9.84 Å². The van der Waals surface area contributed by atoms with Crippen molar-refractivity contribution in [1.29, 1.82) is 0 Å². The summed E-state index contributed by atoms with van der Waals surface area (Å²) in [5.74, 6) is 5.81. The molecule has 6 nitrogen and oxygen atoms in total. The molecule has 1 aliphatic rings. The number of hydrogen-bond donors (Lipinski definition) is 3. The summed E-state index contributed by atoms with van der Waals surface area (Å²) in [5, 5.41) is 9.09. The van der Waals surface area contributed by atoms with E-state index in [-0.39, 0.29) is 12.5 Å². The summed E-state index contributed by atoms with van der Waals surface area (Å²) in [6.45, 7) is 3.57. The number of nitrogens with zero attached hydrogens (tertiary/aromatic N) is 1. The Morgan fingerprint density at radius 1 is 1.55 bits per heavy atom. The molecule has 1 heterocycles. The van der Waals surface area contributed by atoms with E-state index in [1.165, 1.54) is 0 Å². The second kappa shape index (κ2) is 7.23. The average molecular weight is 279 g/mol. The molecule has 1 fully saturated rings. The van der Waals surface area contributed by atoms with Crippen molar-refractivity contribution >= 4 is 5.91 Å². The lowest BCUT2D eigenvalue weighted by Gasteiger charge is -2.16. The van der Waals surface area contributed by atoms with Crippen molar-refractivity contribution < 1.29 is 14.6 Å². The minimum absolute atomic E-state index is 0.258. The van der Waals surface area contributed by atoms with Gasteiger partial charge in [-0.3, -0.25) is 15.1 Å². The smallest absolute Gasteiger partial charge is 0.265 e. The zero-order valence-electron chi connectivity index (χ0n) is 11.4. The second-order valence-corrected chi connectivity index (χ2v) is 4.99. The standard InChI is InChI=1S/C14H21N3O3/c15-16-14(19)12-2-1-3-13(8-12)20-7-6-17-5-4-11(9-17)10-18/h1-3,8,11,18H,4-7,9-10,15H2,(H,16,19). The third-order valence-corrected chi connectivity index (χ3v) is 3.53. The molecule has 20 heavy (non-hydrogen) atoms. The van der Waals surface area contributed by atoms with E-state index in [4.69, 9.17) is 15.7 Å². The fourth-order valence-corrected chi connectivity index (χ4v) is 2.37. The summed E-state index contributed by atoms with van der Waals surface area (Å²) >= 11 is 0. The van der Waals surface area contributed by atoms with Crippen LogP contribution in [0.25, 0.3) is 0 Å². The van der Waals surface area contributed by atoms with E-state index in [1.807, 2.05) is 6.07 Å². The number of amides is 1. The molecule has 1 amide bonds. The second-order valence-electron chi connectivity index (χ2n) is 4.99. The minimum Gasteiger partial charge on any atom is -0.492 e. The normalized spacial score (nSPS) is 19.0. The zero-order valence-corrected chi connectivity index (χ0v) is 11.4. The average Bonchev–Trinajstić information content (AvgIpc) is 2.95. The van der Waals surface area contributed by atoms with Gasteiger partial charge in [-0.15, -0.1) is 0 Å². The third-order valence-electron chi connectivity index (χ3n) is 3.53. The molecule has 1 unspecified atom stereocenters. The predicted octanol–water partition coefficient (Wildman–Crippen LogP) is -0.0169. The molecule has 0 saturated carbocycles. The first-order valence-electron chi connectivity index (χ1n) is 6.80. The lowest BCUT2D eigenvalue weighted by molar-refractivity contribution is 0.0953. The number of likely N-dealkylation sites (tertiary alicyclic amines) is 1. The highest BCUT2D eigenvalue weighted by Gasteiger charge is 2.21. The number of benzene rings is 1. The number of aliphatic hydroxyl groups excluding tert-OH is 1. The minimum atomic E-state index is -0.333. The van der Waals surface area contributed by atoms with E-state index >= 15 is 0 Å². The molecule has 1 saturated heterocycles. The quantitative estimate of drug-likeness (QED) is 0.387. The lowest BCUT2D eigenvalue weighted by atomic mass is 10.1. The van der Waals surface area contributed by atoms with Gasteiger partial charge in [0.1, 0.15) is 12.4 Å². The number of nitrogens with two attached hydrogens (primary N) is 1. The first-order valence-corrected chi connectivity index (χ1v) is 6.80.